The Morgan fingerprint density at radius 2 is 1.75 bits per heavy atom. The summed E-state index contributed by atoms with van der Waals surface area (Å²) < 4.78 is 10.6. The maximum atomic E-state index is 11.0. The summed E-state index contributed by atoms with van der Waals surface area (Å²) in [4.78, 5) is 19.8. The van der Waals surface area contributed by atoms with Gasteiger partial charge in [-0.15, -0.1) is 0 Å². The SMILES string of the molecule is CC(C)Oc1nc(-c2ccc(Cl)cc2)nc(C(C)C)c1OC(=O)O. The number of rotatable bonds is 5. The molecular weight excluding hydrogens is 332 g/mol. The van der Waals surface area contributed by atoms with Crippen molar-refractivity contribution in [3.8, 4) is 23.0 Å². The van der Waals surface area contributed by atoms with E-state index in [1.165, 1.54) is 0 Å². The predicted molar refractivity (Wildman–Crippen MR) is 91.0 cm³/mol. The normalized spacial score (nSPS) is 11.0. The fraction of sp³-hybridized carbons (Fsp3) is 0.353. The van der Waals surface area contributed by atoms with Crippen LogP contribution in [0.3, 0.4) is 0 Å². The molecule has 0 saturated carbocycles. The number of carbonyl (C=O) groups is 1. The summed E-state index contributed by atoms with van der Waals surface area (Å²) in [6.07, 6.45) is -1.64. The monoisotopic (exact) mass is 350 g/mol. The minimum atomic E-state index is -1.44. The second-order valence-corrected chi connectivity index (χ2v) is 6.20. The fourth-order valence-electron chi connectivity index (χ4n) is 2.05. The van der Waals surface area contributed by atoms with Crippen LogP contribution in [0.4, 0.5) is 4.79 Å². The molecule has 0 atom stereocenters. The van der Waals surface area contributed by atoms with Crippen LogP contribution in [-0.2, 0) is 0 Å². The lowest BCUT2D eigenvalue weighted by Gasteiger charge is -2.17. The quantitative estimate of drug-likeness (QED) is 0.782. The average Bonchev–Trinajstić information content (AvgIpc) is 2.48. The second-order valence-electron chi connectivity index (χ2n) is 5.76. The first-order chi connectivity index (χ1) is 11.3. The van der Waals surface area contributed by atoms with Gasteiger partial charge in [0.15, 0.2) is 5.82 Å². The van der Waals surface area contributed by atoms with Crippen molar-refractivity contribution < 1.29 is 19.4 Å². The van der Waals surface area contributed by atoms with Crippen LogP contribution in [0.1, 0.15) is 39.3 Å². The highest BCUT2D eigenvalue weighted by molar-refractivity contribution is 6.30. The Labute approximate surface area is 145 Å². The number of benzene rings is 1. The van der Waals surface area contributed by atoms with Gasteiger partial charge in [0.2, 0.25) is 5.75 Å². The van der Waals surface area contributed by atoms with Gasteiger partial charge in [0.1, 0.15) is 0 Å². The van der Waals surface area contributed by atoms with Gasteiger partial charge >= 0.3 is 6.16 Å². The van der Waals surface area contributed by atoms with Crippen LogP contribution >= 0.6 is 11.6 Å². The molecule has 1 N–H and O–H groups in total. The van der Waals surface area contributed by atoms with E-state index < -0.39 is 6.16 Å². The Morgan fingerprint density at radius 3 is 2.25 bits per heavy atom. The van der Waals surface area contributed by atoms with Crippen molar-refractivity contribution in [2.45, 2.75) is 39.7 Å². The molecule has 7 heteroatoms. The Kier molecular flexibility index (Phi) is 5.62. The van der Waals surface area contributed by atoms with E-state index in [0.29, 0.717) is 16.5 Å². The molecule has 0 amide bonds. The molecule has 0 bridgehead atoms. The van der Waals surface area contributed by atoms with Crippen LogP contribution in [0.25, 0.3) is 11.4 Å². The van der Waals surface area contributed by atoms with Gasteiger partial charge in [0.25, 0.3) is 5.88 Å². The maximum Gasteiger partial charge on any atom is 0.511 e. The van der Waals surface area contributed by atoms with E-state index in [0.717, 1.165) is 5.56 Å². The first-order valence-electron chi connectivity index (χ1n) is 7.53. The third-order valence-electron chi connectivity index (χ3n) is 3.05. The van der Waals surface area contributed by atoms with E-state index in [-0.39, 0.29) is 23.7 Å². The summed E-state index contributed by atoms with van der Waals surface area (Å²) in [5.74, 6) is 0.478. The lowest BCUT2D eigenvalue weighted by atomic mass is 10.1. The number of hydrogen-bond donors (Lipinski definition) is 1. The molecular formula is C17H19ClN2O4. The molecule has 1 heterocycles. The van der Waals surface area contributed by atoms with Gasteiger partial charge in [-0.3, -0.25) is 0 Å². The molecule has 1 aromatic carbocycles. The molecule has 128 valence electrons. The second kappa shape index (κ2) is 7.49. The fourth-order valence-corrected chi connectivity index (χ4v) is 2.18. The molecule has 24 heavy (non-hydrogen) atoms. The summed E-state index contributed by atoms with van der Waals surface area (Å²) in [5, 5.41) is 9.60. The largest absolute Gasteiger partial charge is 0.511 e. The summed E-state index contributed by atoms with van der Waals surface area (Å²) in [7, 11) is 0. The highest BCUT2D eigenvalue weighted by Gasteiger charge is 2.23. The lowest BCUT2D eigenvalue weighted by molar-refractivity contribution is 0.138. The van der Waals surface area contributed by atoms with Gasteiger partial charge in [-0.2, -0.15) is 4.98 Å². The van der Waals surface area contributed by atoms with Gasteiger partial charge in [0.05, 0.1) is 11.8 Å². The minimum absolute atomic E-state index is 0.0314. The lowest BCUT2D eigenvalue weighted by Crippen LogP contribution is -2.15. The van der Waals surface area contributed by atoms with Crippen molar-refractivity contribution in [2.75, 3.05) is 0 Å². The summed E-state index contributed by atoms with van der Waals surface area (Å²) in [6.45, 7) is 7.43. The summed E-state index contributed by atoms with van der Waals surface area (Å²) >= 11 is 5.91. The highest BCUT2D eigenvalue weighted by Crippen LogP contribution is 2.36. The molecule has 0 saturated heterocycles. The Morgan fingerprint density at radius 1 is 1.12 bits per heavy atom. The molecule has 0 aliphatic rings. The van der Waals surface area contributed by atoms with Crippen LogP contribution < -0.4 is 9.47 Å². The Bertz CT molecular complexity index is 730. The number of nitrogens with zero attached hydrogens (tertiary/aromatic N) is 2. The number of halogens is 1. The molecule has 2 rings (SSSR count). The minimum Gasteiger partial charge on any atom is -0.472 e. The zero-order chi connectivity index (χ0) is 17.9. The van der Waals surface area contributed by atoms with E-state index in [2.05, 4.69) is 9.97 Å². The van der Waals surface area contributed by atoms with Crippen molar-refractivity contribution in [1.82, 2.24) is 9.97 Å². The van der Waals surface area contributed by atoms with E-state index in [9.17, 15) is 4.79 Å². The van der Waals surface area contributed by atoms with Crippen LogP contribution in [-0.4, -0.2) is 27.3 Å². The van der Waals surface area contributed by atoms with E-state index in [1.54, 1.807) is 24.3 Å². The predicted octanol–water partition coefficient (Wildman–Crippen LogP) is 4.76. The summed E-state index contributed by atoms with van der Waals surface area (Å²) in [6, 6.07) is 7.05. The van der Waals surface area contributed by atoms with Crippen molar-refractivity contribution in [3.63, 3.8) is 0 Å². The zero-order valence-corrected chi connectivity index (χ0v) is 14.7. The third kappa shape index (κ3) is 4.35. The van der Waals surface area contributed by atoms with E-state index in [4.69, 9.17) is 26.2 Å². The van der Waals surface area contributed by atoms with Gasteiger partial charge < -0.3 is 14.6 Å². The molecule has 0 unspecified atom stereocenters. The van der Waals surface area contributed by atoms with Crippen LogP contribution in [0.15, 0.2) is 24.3 Å². The van der Waals surface area contributed by atoms with Crippen LogP contribution in [0, 0.1) is 0 Å². The number of aromatic nitrogens is 2. The van der Waals surface area contributed by atoms with Crippen molar-refractivity contribution >= 4 is 17.8 Å². The number of hydrogen-bond acceptors (Lipinski definition) is 5. The van der Waals surface area contributed by atoms with Gasteiger partial charge in [-0.1, -0.05) is 25.4 Å². The molecule has 0 radical (unpaired) electrons. The van der Waals surface area contributed by atoms with E-state index >= 15 is 0 Å². The van der Waals surface area contributed by atoms with Crippen molar-refractivity contribution in [1.29, 1.82) is 0 Å². The number of carboxylic acid groups (broad SMARTS) is 1. The highest BCUT2D eigenvalue weighted by atomic mass is 35.5. The maximum absolute atomic E-state index is 11.0. The smallest absolute Gasteiger partial charge is 0.472 e. The first kappa shape index (κ1) is 18.0. The zero-order valence-electron chi connectivity index (χ0n) is 13.9. The molecule has 0 spiro atoms. The first-order valence-corrected chi connectivity index (χ1v) is 7.91. The van der Waals surface area contributed by atoms with Crippen LogP contribution in [0.5, 0.6) is 11.6 Å². The molecule has 0 aliphatic heterocycles. The standard InChI is InChI=1S/C17H19ClN2O4/c1-9(2)13-14(24-17(21)22)16(23-10(3)4)20-15(19-13)11-5-7-12(18)8-6-11/h5-10H,1-4H3,(H,21,22). The van der Waals surface area contributed by atoms with E-state index in [1.807, 2.05) is 27.7 Å². The molecule has 2 aromatic rings. The number of ether oxygens (including phenoxy) is 2. The third-order valence-corrected chi connectivity index (χ3v) is 3.30. The van der Waals surface area contributed by atoms with Crippen LogP contribution in [0.2, 0.25) is 5.02 Å². The molecule has 6 nitrogen and oxygen atoms in total. The molecule has 1 aromatic heterocycles. The van der Waals surface area contributed by atoms with Crippen molar-refractivity contribution in [2.24, 2.45) is 0 Å². The average molecular weight is 351 g/mol. The Balaban J connectivity index is 2.63. The van der Waals surface area contributed by atoms with Gasteiger partial charge in [-0.25, -0.2) is 9.78 Å². The molecule has 0 aliphatic carbocycles. The summed E-state index contributed by atoms with van der Waals surface area (Å²) in [5.41, 5.74) is 1.21. The molecule has 0 fully saturated rings. The van der Waals surface area contributed by atoms with Crippen molar-refractivity contribution in [3.05, 3.63) is 35.0 Å². The van der Waals surface area contributed by atoms with Gasteiger partial charge in [0, 0.05) is 10.6 Å². The topological polar surface area (TPSA) is 81.5 Å². The Hall–Kier alpha value is -2.34. The van der Waals surface area contributed by atoms with Gasteiger partial charge in [-0.05, 0) is 44.0 Å².